The SMILES string of the molecule is COc1cc2c(=O)oc3c(OC)c(OC)cc4c(=O)oc(c1OC)c2c34. The molecule has 0 aliphatic rings. The molecule has 0 aliphatic carbocycles. The van der Waals surface area contributed by atoms with Crippen molar-refractivity contribution in [3.05, 3.63) is 33.0 Å². The van der Waals surface area contributed by atoms with Gasteiger partial charge in [-0.25, -0.2) is 9.59 Å². The minimum absolute atomic E-state index is 0.101. The summed E-state index contributed by atoms with van der Waals surface area (Å²) in [6, 6.07) is 2.98. The Labute approximate surface area is 145 Å². The largest absolute Gasteiger partial charge is 0.493 e. The first-order chi connectivity index (χ1) is 12.5. The lowest BCUT2D eigenvalue weighted by Crippen LogP contribution is -2.09. The van der Waals surface area contributed by atoms with E-state index in [1.807, 2.05) is 0 Å². The second-order valence-electron chi connectivity index (χ2n) is 5.51. The molecule has 0 spiro atoms. The molecule has 8 nitrogen and oxygen atoms in total. The van der Waals surface area contributed by atoms with E-state index in [4.69, 9.17) is 27.8 Å². The van der Waals surface area contributed by atoms with E-state index in [1.54, 1.807) is 0 Å². The molecule has 4 rings (SSSR count). The van der Waals surface area contributed by atoms with E-state index in [0.717, 1.165) is 0 Å². The van der Waals surface area contributed by atoms with Crippen molar-refractivity contribution in [2.75, 3.05) is 28.4 Å². The quantitative estimate of drug-likeness (QED) is 0.405. The standard InChI is InChI=1S/C18H14O8/c1-21-9-5-7-11-12-8(18(20)25-15(11)13(9)23-3)6-10(22-2)14(24-4)16(12)26-17(7)19/h5-6H,1-4H3. The van der Waals surface area contributed by atoms with Crippen LogP contribution in [0.5, 0.6) is 23.0 Å². The predicted octanol–water partition coefficient (Wildman–Crippen LogP) is 2.52. The van der Waals surface area contributed by atoms with Gasteiger partial charge in [0.15, 0.2) is 22.7 Å². The molecule has 0 aliphatic heterocycles. The van der Waals surface area contributed by atoms with Crippen LogP contribution in [0.1, 0.15) is 0 Å². The summed E-state index contributed by atoms with van der Waals surface area (Å²) in [4.78, 5) is 25.2. The summed E-state index contributed by atoms with van der Waals surface area (Å²) in [7, 11) is 5.67. The van der Waals surface area contributed by atoms with Crippen LogP contribution < -0.4 is 30.2 Å². The molecule has 0 radical (unpaired) electrons. The van der Waals surface area contributed by atoms with Crippen LogP contribution in [0.2, 0.25) is 0 Å². The number of methoxy groups -OCH3 is 4. The van der Waals surface area contributed by atoms with Gasteiger partial charge in [-0.2, -0.15) is 0 Å². The van der Waals surface area contributed by atoms with Crippen LogP contribution in [0.3, 0.4) is 0 Å². The third-order valence-corrected chi connectivity index (χ3v) is 4.33. The van der Waals surface area contributed by atoms with E-state index >= 15 is 0 Å². The molecule has 0 saturated heterocycles. The molecule has 2 heterocycles. The highest BCUT2D eigenvalue weighted by Crippen LogP contribution is 2.45. The van der Waals surface area contributed by atoms with E-state index in [-0.39, 0.29) is 44.9 Å². The van der Waals surface area contributed by atoms with Crippen molar-refractivity contribution >= 4 is 32.7 Å². The highest BCUT2D eigenvalue weighted by molar-refractivity contribution is 6.22. The summed E-state index contributed by atoms with van der Waals surface area (Å²) in [5.41, 5.74) is -1.07. The number of ether oxygens (including phenoxy) is 4. The molecule has 0 unspecified atom stereocenters. The van der Waals surface area contributed by atoms with Crippen LogP contribution in [0.4, 0.5) is 0 Å². The lowest BCUT2D eigenvalue weighted by atomic mass is 10.0. The summed E-state index contributed by atoms with van der Waals surface area (Å²) in [6.07, 6.45) is 0. The Morgan fingerprint density at radius 3 is 1.35 bits per heavy atom. The van der Waals surface area contributed by atoms with Crippen molar-refractivity contribution in [3.8, 4) is 23.0 Å². The second-order valence-corrected chi connectivity index (χ2v) is 5.51. The monoisotopic (exact) mass is 358 g/mol. The zero-order chi connectivity index (χ0) is 18.6. The summed E-state index contributed by atoms with van der Waals surface area (Å²) < 4.78 is 32.1. The van der Waals surface area contributed by atoms with Gasteiger partial charge < -0.3 is 27.8 Å². The Hall–Kier alpha value is -3.42. The number of rotatable bonds is 4. The van der Waals surface area contributed by atoms with E-state index < -0.39 is 11.3 Å². The average molecular weight is 358 g/mol. The Bertz CT molecular complexity index is 1160. The molecule has 0 atom stereocenters. The first kappa shape index (κ1) is 16.1. The van der Waals surface area contributed by atoms with Gasteiger partial charge in [-0.3, -0.25) is 0 Å². The Morgan fingerprint density at radius 2 is 1.04 bits per heavy atom. The Kier molecular flexibility index (Phi) is 3.43. The third kappa shape index (κ3) is 1.89. The first-order valence-electron chi connectivity index (χ1n) is 7.58. The molecular weight excluding hydrogens is 344 g/mol. The number of benzene rings is 2. The maximum Gasteiger partial charge on any atom is 0.344 e. The lowest BCUT2D eigenvalue weighted by molar-refractivity contribution is 0.350. The summed E-state index contributed by atoms with van der Waals surface area (Å²) >= 11 is 0. The average Bonchev–Trinajstić information content (AvgIpc) is 2.65. The summed E-state index contributed by atoms with van der Waals surface area (Å²) in [5, 5.41) is 1.19. The fourth-order valence-corrected chi connectivity index (χ4v) is 3.23. The van der Waals surface area contributed by atoms with Crippen molar-refractivity contribution in [3.63, 3.8) is 0 Å². The normalized spacial score (nSPS) is 11.4. The lowest BCUT2D eigenvalue weighted by Gasteiger charge is -2.15. The summed E-state index contributed by atoms with van der Waals surface area (Å²) in [5.74, 6) is 0.915. The van der Waals surface area contributed by atoms with Gasteiger partial charge in [0, 0.05) is 10.8 Å². The molecule has 0 bridgehead atoms. The van der Waals surface area contributed by atoms with Crippen molar-refractivity contribution < 1.29 is 27.8 Å². The molecule has 134 valence electrons. The fourth-order valence-electron chi connectivity index (χ4n) is 3.23. The van der Waals surface area contributed by atoms with Gasteiger partial charge in [-0.05, 0) is 12.1 Å². The van der Waals surface area contributed by atoms with Crippen LogP contribution in [0, 0.1) is 0 Å². The molecule has 26 heavy (non-hydrogen) atoms. The topological polar surface area (TPSA) is 97.3 Å². The van der Waals surface area contributed by atoms with Crippen LogP contribution >= 0.6 is 0 Å². The molecular formula is C18H14O8. The molecule has 0 saturated carbocycles. The van der Waals surface area contributed by atoms with E-state index in [1.165, 1.54) is 40.6 Å². The van der Waals surface area contributed by atoms with Crippen LogP contribution in [-0.4, -0.2) is 28.4 Å². The van der Waals surface area contributed by atoms with Crippen LogP contribution in [-0.2, 0) is 0 Å². The zero-order valence-electron chi connectivity index (χ0n) is 14.4. The van der Waals surface area contributed by atoms with Gasteiger partial charge in [-0.15, -0.1) is 0 Å². The summed E-state index contributed by atoms with van der Waals surface area (Å²) in [6.45, 7) is 0. The first-order valence-corrected chi connectivity index (χ1v) is 7.58. The van der Waals surface area contributed by atoms with E-state index in [2.05, 4.69) is 0 Å². The van der Waals surface area contributed by atoms with Gasteiger partial charge in [0.1, 0.15) is 0 Å². The maximum absolute atomic E-state index is 12.6. The molecule has 0 fully saturated rings. The van der Waals surface area contributed by atoms with Gasteiger partial charge in [-0.1, -0.05) is 0 Å². The minimum atomic E-state index is -0.634. The van der Waals surface area contributed by atoms with Crippen LogP contribution in [0.15, 0.2) is 30.6 Å². The van der Waals surface area contributed by atoms with Crippen molar-refractivity contribution in [1.29, 1.82) is 0 Å². The van der Waals surface area contributed by atoms with Crippen LogP contribution in [0.25, 0.3) is 32.7 Å². The van der Waals surface area contributed by atoms with E-state index in [0.29, 0.717) is 10.8 Å². The zero-order valence-corrected chi connectivity index (χ0v) is 14.4. The molecule has 2 aromatic heterocycles. The van der Waals surface area contributed by atoms with Crippen molar-refractivity contribution in [2.45, 2.75) is 0 Å². The van der Waals surface area contributed by atoms with Gasteiger partial charge in [0.25, 0.3) is 0 Å². The van der Waals surface area contributed by atoms with Gasteiger partial charge in [0.2, 0.25) is 11.5 Å². The molecule has 2 aromatic carbocycles. The number of hydrogen-bond acceptors (Lipinski definition) is 8. The van der Waals surface area contributed by atoms with Gasteiger partial charge in [0.05, 0.1) is 39.2 Å². The highest BCUT2D eigenvalue weighted by atomic mass is 16.5. The fraction of sp³-hybridized carbons (Fsp3) is 0.222. The molecule has 4 aromatic rings. The van der Waals surface area contributed by atoms with Crippen molar-refractivity contribution in [1.82, 2.24) is 0 Å². The predicted molar refractivity (Wildman–Crippen MR) is 93.4 cm³/mol. The minimum Gasteiger partial charge on any atom is -0.493 e. The molecule has 8 heteroatoms. The highest BCUT2D eigenvalue weighted by Gasteiger charge is 2.26. The number of hydrogen-bond donors (Lipinski definition) is 0. The molecule has 0 N–H and O–H groups in total. The van der Waals surface area contributed by atoms with Gasteiger partial charge >= 0.3 is 11.3 Å². The second kappa shape index (κ2) is 5.55. The molecule has 0 amide bonds. The van der Waals surface area contributed by atoms with E-state index in [9.17, 15) is 9.59 Å². The smallest absolute Gasteiger partial charge is 0.344 e. The third-order valence-electron chi connectivity index (χ3n) is 4.33. The van der Waals surface area contributed by atoms with Crippen molar-refractivity contribution in [2.24, 2.45) is 0 Å². The Morgan fingerprint density at radius 1 is 0.654 bits per heavy atom. The Balaban J connectivity index is 2.42. The maximum atomic E-state index is 12.6.